The Morgan fingerprint density at radius 1 is 1.20 bits per heavy atom. The second kappa shape index (κ2) is 12.0. The van der Waals surface area contributed by atoms with Crippen LogP contribution in [0.3, 0.4) is 0 Å². The van der Waals surface area contributed by atoms with Crippen molar-refractivity contribution in [3.05, 3.63) is 80.5 Å². The first kappa shape index (κ1) is 31.8. The van der Waals surface area contributed by atoms with Gasteiger partial charge in [-0.05, 0) is 31.2 Å². The molecule has 3 aromatic rings. The van der Waals surface area contributed by atoms with Crippen molar-refractivity contribution in [1.82, 2.24) is 14.8 Å². The highest BCUT2D eigenvalue weighted by Crippen LogP contribution is 2.41. The Balaban J connectivity index is 1.60. The molecule has 17 heteroatoms. The van der Waals surface area contributed by atoms with Crippen LogP contribution < -0.4 is 10.7 Å². The van der Waals surface area contributed by atoms with Gasteiger partial charge in [-0.15, -0.1) is 0 Å². The Kier molecular flexibility index (Phi) is 8.69. The number of hydrogen-bond donors (Lipinski definition) is 4. The lowest BCUT2D eigenvalue weighted by Crippen LogP contribution is -2.86. The van der Waals surface area contributed by atoms with Gasteiger partial charge in [0.15, 0.2) is 42.0 Å². The summed E-state index contributed by atoms with van der Waals surface area (Å²) in [5.41, 5.74) is 2.58. The predicted octanol–water partition coefficient (Wildman–Crippen LogP) is 2.13. The molecule has 0 aliphatic carbocycles. The van der Waals surface area contributed by atoms with E-state index in [1.54, 1.807) is 0 Å². The molecule has 0 radical (unpaired) electrons. The molecule has 2 aliphatic rings. The largest absolute Gasteiger partial charge is 0.419 e. The molecule has 2 aromatic carbocycles. The highest BCUT2D eigenvalue weighted by atomic mass is 35.5. The van der Waals surface area contributed by atoms with Gasteiger partial charge in [0.25, 0.3) is 0 Å². The number of allylic oxidation sites excluding steroid dienone is 1. The quantitative estimate of drug-likeness (QED) is 0.185. The van der Waals surface area contributed by atoms with Gasteiger partial charge >= 0.3 is 6.18 Å². The van der Waals surface area contributed by atoms with Gasteiger partial charge in [0.05, 0.1) is 40.1 Å². The SMILES string of the molecule is Cc1nc(C2OC3C(O)CO[C@@H]3C([NH+]=C/C(=C\N)c3ccc(Cl)c(F)c3F)C2O)n(-c2cc(Cl)cc(C#N)c2C(F)(F)F)n1. The van der Waals surface area contributed by atoms with Gasteiger partial charge in [0.1, 0.15) is 18.0 Å². The minimum absolute atomic E-state index is 0.0163. The third-order valence-corrected chi connectivity index (χ3v) is 7.67. The number of fused-ring (bicyclic) bond motifs is 1. The van der Waals surface area contributed by atoms with Gasteiger partial charge in [0.2, 0.25) is 6.04 Å². The van der Waals surface area contributed by atoms with Crippen molar-refractivity contribution >= 4 is 35.0 Å². The van der Waals surface area contributed by atoms with E-state index in [1.165, 1.54) is 25.3 Å². The number of nitriles is 1. The van der Waals surface area contributed by atoms with E-state index in [9.17, 15) is 37.4 Å². The maximum atomic E-state index is 14.6. The normalized spacial score (nSPS) is 25.8. The van der Waals surface area contributed by atoms with Crippen molar-refractivity contribution in [3.8, 4) is 11.8 Å². The minimum atomic E-state index is -5.02. The van der Waals surface area contributed by atoms with Crippen LogP contribution in [-0.2, 0) is 15.7 Å². The van der Waals surface area contributed by atoms with E-state index in [1.807, 2.05) is 0 Å². The van der Waals surface area contributed by atoms with E-state index in [2.05, 4.69) is 15.1 Å². The highest BCUT2D eigenvalue weighted by Gasteiger charge is 2.56. The van der Waals surface area contributed by atoms with Crippen molar-refractivity contribution in [3.63, 3.8) is 0 Å². The molecule has 10 nitrogen and oxygen atoms in total. The summed E-state index contributed by atoms with van der Waals surface area (Å²) in [6, 6.07) is 4.43. The standard InChI is InChI=1S/C27H21Cl2F5N6O4/c1-10-38-26(40(39-10)16-5-13(28)4-11(6-35)18(16)27(32,33)34)25-22(42)21(24-23(44-25)17(41)9-43-24)37-8-12(7-36)14-2-3-15(29)20(31)19(14)30/h2-5,7-8,17,21-25,41-42H,9,36H2,1H3/p+1/b12-7+,37-8?/t17?,21?,22?,23?,24-,25?/m1/s1. The molecule has 0 saturated carbocycles. The molecule has 3 heterocycles. The van der Waals surface area contributed by atoms with E-state index in [-0.39, 0.29) is 34.4 Å². The van der Waals surface area contributed by atoms with Crippen molar-refractivity contribution in [1.29, 1.82) is 5.26 Å². The van der Waals surface area contributed by atoms with Gasteiger partial charge in [-0.2, -0.15) is 23.5 Å². The summed E-state index contributed by atoms with van der Waals surface area (Å²) in [5, 5.41) is 34.9. The van der Waals surface area contributed by atoms with E-state index in [0.29, 0.717) is 0 Å². The summed E-state index contributed by atoms with van der Waals surface area (Å²) in [6.45, 7) is 1.17. The number of aromatic nitrogens is 3. The molecule has 5 unspecified atom stereocenters. The van der Waals surface area contributed by atoms with Crippen LogP contribution in [0.2, 0.25) is 10.0 Å². The number of aryl methyl sites for hydroxylation is 1. The first-order valence-corrected chi connectivity index (χ1v) is 13.5. The average molecular weight is 660 g/mol. The number of rotatable bonds is 5. The number of aliphatic hydroxyl groups excluding tert-OH is 2. The van der Waals surface area contributed by atoms with Crippen molar-refractivity contribution < 1.29 is 46.6 Å². The number of hydrogen-bond acceptors (Lipinski definition) is 8. The summed E-state index contributed by atoms with van der Waals surface area (Å²) >= 11 is 11.7. The fourth-order valence-electron chi connectivity index (χ4n) is 5.22. The van der Waals surface area contributed by atoms with E-state index in [0.717, 1.165) is 29.1 Å². The molecule has 2 aliphatic heterocycles. The van der Waals surface area contributed by atoms with Gasteiger partial charge in [-0.25, -0.2) is 23.4 Å². The van der Waals surface area contributed by atoms with E-state index >= 15 is 0 Å². The Morgan fingerprint density at radius 2 is 1.93 bits per heavy atom. The number of nitrogens with two attached hydrogens (primary N) is 1. The Bertz CT molecular complexity index is 1710. The molecule has 232 valence electrons. The lowest BCUT2D eigenvalue weighted by Gasteiger charge is -2.37. The maximum absolute atomic E-state index is 14.6. The third-order valence-electron chi connectivity index (χ3n) is 7.16. The maximum Gasteiger partial charge on any atom is 0.419 e. The number of aliphatic hydroxyl groups is 2. The van der Waals surface area contributed by atoms with Crippen LogP contribution in [0.15, 0.2) is 30.5 Å². The Morgan fingerprint density at radius 3 is 2.59 bits per heavy atom. The molecular formula is C27H22Cl2F5N6O4+. The third kappa shape index (κ3) is 5.65. The predicted molar refractivity (Wildman–Crippen MR) is 145 cm³/mol. The summed E-state index contributed by atoms with van der Waals surface area (Å²) in [5.74, 6) is -2.92. The molecular weight excluding hydrogens is 638 g/mol. The van der Waals surface area contributed by atoms with Crippen molar-refractivity contribution in [2.45, 2.75) is 49.7 Å². The summed E-state index contributed by atoms with van der Waals surface area (Å²) in [7, 11) is 0. The fourth-order valence-corrected chi connectivity index (χ4v) is 5.58. The van der Waals surface area contributed by atoms with Crippen LogP contribution in [0, 0.1) is 29.9 Å². The van der Waals surface area contributed by atoms with Crippen LogP contribution in [0.25, 0.3) is 11.3 Å². The van der Waals surface area contributed by atoms with Gasteiger partial charge in [-0.3, -0.25) is 0 Å². The smallest absolute Gasteiger partial charge is 0.404 e. The van der Waals surface area contributed by atoms with Gasteiger partial charge in [-0.1, -0.05) is 23.2 Å². The van der Waals surface area contributed by atoms with Gasteiger partial charge in [0, 0.05) is 16.8 Å². The van der Waals surface area contributed by atoms with E-state index < -0.39 is 76.2 Å². The molecule has 44 heavy (non-hydrogen) atoms. The first-order chi connectivity index (χ1) is 20.8. The zero-order chi connectivity index (χ0) is 32.1. The van der Waals surface area contributed by atoms with Crippen LogP contribution >= 0.6 is 23.2 Å². The molecule has 0 bridgehead atoms. The van der Waals surface area contributed by atoms with Crippen LogP contribution in [0.4, 0.5) is 22.0 Å². The summed E-state index contributed by atoms with van der Waals surface area (Å²) in [4.78, 5) is 7.05. The average Bonchev–Trinajstić information content (AvgIpc) is 3.54. The molecule has 0 amide bonds. The molecule has 2 fully saturated rings. The number of ether oxygens (including phenoxy) is 2. The van der Waals surface area contributed by atoms with Crippen LogP contribution in [-0.4, -0.2) is 68.3 Å². The lowest BCUT2D eigenvalue weighted by atomic mass is 9.91. The van der Waals surface area contributed by atoms with Crippen molar-refractivity contribution in [2.75, 3.05) is 6.61 Å². The van der Waals surface area contributed by atoms with Crippen LogP contribution in [0.5, 0.6) is 0 Å². The fraction of sp³-hybridized carbons (Fsp3) is 0.333. The zero-order valence-corrected chi connectivity index (χ0v) is 23.9. The number of halogens is 7. The number of benzene rings is 2. The van der Waals surface area contributed by atoms with Gasteiger partial charge < -0.3 is 25.4 Å². The highest BCUT2D eigenvalue weighted by molar-refractivity contribution is 6.31. The molecule has 6 atom stereocenters. The van der Waals surface area contributed by atoms with Crippen molar-refractivity contribution in [2.24, 2.45) is 5.73 Å². The Labute approximate surface area is 255 Å². The summed E-state index contributed by atoms with van der Waals surface area (Å²) in [6.07, 6.45) is -9.41. The van der Waals surface area contributed by atoms with E-state index in [4.69, 9.17) is 38.4 Å². The molecule has 5 N–H and O–H groups in total. The number of nitrogens with one attached hydrogen (secondary N) is 1. The second-order valence-corrected chi connectivity index (χ2v) is 10.8. The monoisotopic (exact) mass is 659 g/mol. The Hall–Kier alpha value is -3.65. The number of nitrogens with zero attached hydrogens (tertiary/aromatic N) is 4. The summed E-state index contributed by atoms with van der Waals surface area (Å²) < 4.78 is 83.8. The second-order valence-electron chi connectivity index (χ2n) is 9.94. The molecule has 1 aromatic heterocycles. The lowest BCUT2D eigenvalue weighted by molar-refractivity contribution is -0.539. The molecule has 5 rings (SSSR count). The topological polar surface area (TPSA) is 153 Å². The zero-order valence-electron chi connectivity index (χ0n) is 22.4. The minimum Gasteiger partial charge on any atom is -0.404 e. The molecule has 2 saturated heterocycles. The first-order valence-electron chi connectivity index (χ1n) is 12.8. The number of alkyl halides is 3. The molecule has 0 spiro atoms. The van der Waals surface area contributed by atoms with Crippen LogP contribution in [0.1, 0.15) is 34.4 Å².